The van der Waals surface area contributed by atoms with Crippen LogP contribution in [0.25, 0.3) is 11.3 Å². The summed E-state index contributed by atoms with van der Waals surface area (Å²) in [7, 11) is 0. The number of ether oxygens (including phenoxy) is 1. The van der Waals surface area contributed by atoms with Gasteiger partial charge in [-0.2, -0.15) is 0 Å². The number of hydrogen-bond acceptors (Lipinski definition) is 6. The molecule has 0 radical (unpaired) electrons. The molecule has 2 aromatic rings. The highest BCUT2D eigenvalue weighted by Crippen LogP contribution is 2.34. The van der Waals surface area contributed by atoms with Crippen molar-refractivity contribution in [3.05, 3.63) is 30.2 Å². The average molecular weight is 418 g/mol. The summed E-state index contributed by atoms with van der Waals surface area (Å²) in [5.74, 6) is 1.05. The van der Waals surface area contributed by atoms with Gasteiger partial charge in [-0.15, -0.1) is 0 Å². The van der Waals surface area contributed by atoms with Gasteiger partial charge < -0.3 is 14.1 Å². The lowest BCUT2D eigenvalue weighted by molar-refractivity contribution is 0.138. The van der Waals surface area contributed by atoms with E-state index in [1.54, 1.807) is 11.8 Å². The first-order chi connectivity index (χ1) is 14.0. The Morgan fingerprint density at radius 1 is 1.10 bits per heavy atom. The molecule has 1 fully saturated rings. The van der Waals surface area contributed by atoms with Gasteiger partial charge in [-0.3, -0.25) is 4.90 Å². The van der Waals surface area contributed by atoms with Gasteiger partial charge in [-0.1, -0.05) is 30.8 Å². The zero-order valence-electron chi connectivity index (χ0n) is 18.5. The van der Waals surface area contributed by atoms with E-state index in [9.17, 15) is 0 Å². The zero-order chi connectivity index (χ0) is 20.8. The van der Waals surface area contributed by atoms with Crippen LogP contribution in [0.2, 0.25) is 0 Å². The third-order valence-corrected chi connectivity index (χ3v) is 6.32. The van der Waals surface area contributed by atoms with Gasteiger partial charge >= 0.3 is 0 Å². The van der Waals surface area contributed by atoms with Gasteiger partial charge in [0, 0.05) is 62.6 Å². The lowest BCUT2D eigenvalue weighted by Crippen LogP contribution is -2.48. The molecular weight excluding hydrogens is 382 g/mol. The molecule has 0 bridgehead atoms. The molecule has 0 saturated carbocycles. The minimum Gasteiger partial charge on any atom is -0.434 e. The largest absolute Gasteiger partial charge is 0.434 e. The van der Waals surface area contributed by atoms with E-state index >= 15 is 0 Å². The fraction of sp³-hybridized carbons (Fsp3) is 0.609. The number of hydrogen-bond donors (Lipinski definition) is 0. The summed E-state index contributed by atoms with van der Waals surface area (Å²) < 4.78 is 11.6. The second kappa shape index (κ2) is 10.5. The van der Waals surface area contributed by atoms with Crippen LogP contribution in [0, 0.1) is 0 Å². The molecule has 0 amide bonds. The maximum atomic E-state index is 6.07. The van der Waals surface area contributed by atoms with E-state index in [0.717, 1.165) is 68.1 Å². The van der Waals surface area contributed by atoms with E-state index in [-0.39, 0.29) is 5.92 Å². The maximum absolute atomic E-state index is 6.07. The Labute approximate surface area is 179 Å². The predicted molar refractivity (Wildman–Crippen MR) is 122 cm³/mol. The third kappa shape index (κ3) is 5.56. The molecule has 160 valence electrons. The number of nitrogens with zero attached hydrogens (tertiary/aromatic N) is 3. The Morgan fingerprint density at radius 3 is 2.38 bits per heavy atom. The fourth-order valence-electron chi connectivity index (χ4n) is 3.71. The van der Waals surface area contributed by atoms with Crippen molar-refractivity contribution in [1.29, 1.82) is 0 Å². The van der Waals surface area contributed by atoms with Crippen molar-refractivity contribution in [2.75, 3.05) is 50.5 Å². The topological polar surface area (TPSA) is 41.7 Å². The molecular formula is C23H35N3O2S. The number of anilines is 1. The molecule has 29 heavy (non-hydrogen) atoms. The van der Waals surface area contributed by atoms with Crippen LogP contribution in [0.4, 0.5) is 5.69 Å². The summed E-state index contributed by atoms with van der Waals surface area (Å²) in [6.45, 7) is 14.6. The Balaban J connectivity index is 1.69. The number of benzene rings is 1. The lowest BCUT2D eigenvalue weighted by atomic mass is 10.1. The van der Waals surface area contributed by atoms with Crippen molar-refractivity contribution >= 4 is 17.4 Å². The second-order valence-electron chi connectivity index (χ2n) is 7.94. The van der Waals surface area contributed by atoms with E-state index in [1.807, 2.05) is 13.2 Å². The lowest BCUT2D eigenvalue weighted by Gasteiger charge is -2.38. The molecule has 6 heteroatoms. The van der Waals surface area contributed by atoms with Crippen LogP contribution in [0.3, 0.4) is 0 Å². The normalized spacial score (nSPS) is 16.6. The molecule has 0 aliphatic carbocycles. The summed E-state index contributed by atoms with van der Waals surface area (Å²) in [6.07, 6.45) is 2.96. The van der Waals surface area contributed by atoms with Gasteiger partial charge in [-0.05, 0) is 45.6 Å². The van der Waals surface area contributed by atoms with Crippen LogP contribution in [-0.2, 0) is 4.74 Å². The van der Waals surface area contributed by atoms with Gasteiger partial charge in [-0.25, -0.2) is 4.98 Å². The molecule has 1 aromatic heterocycles. The molecule has 1 aliphatic rings. The molecule has 0 spiro atoms. The first kappa shape index (κ1) is 22.2. The highest BCUT2D eigenvalue weighted by molar-refractivity contribution is 7.98. The first-order valence-corrected chi connectivity index (χ1v) is 12.0. The summed E-state index contributed by atoms with van der Waals surface area (Å²) in [5.41, 5.74) is 3.36. The van der Waals surface area contributed by atoms with Crippen LogP contribution in [0.1, 0.15) is 45.9 Å². The van der Waals surface area contributed by atoms with Gasteiger partial charge in [0.25, 0.3) is 0 Å². The van der Waals surface area contributed by atoms with Gasteiger partial charge in [0.1, 0.15) is 5.69 Å². The monoisotopic (exact) mass is 417 g/mol. The van der Waals surface area contributed by atoms with Crippen molar-refractivity contribution in [3.63, 3.8) is 0 Å². The van der Waals surface area contributed by atoms with Gasteiger partial charge in [0.05, 0.1) is 0 Å². The molecule has 5 nitrogen and oxygen atoms in total. The van der Waals surface area contributed by atoms with Gasteiger partial charge in [0.15, 0.2) is 11.0 Å². The van der Waals surface area contributed by atoms with Crippen molar-refractivity contribution in [3.8, 4) is 11.3 Å². The predicted octanol–water partition coefficient (Wildman–Crippen LogP) is 5.12. The van der Waals surface area contributed by atoms with Crippen molar-refractivity contribution < 1.29 is 9.15 Å². The minimum atomic E-state index is 0.248. The van der Waals surface area contributed by atoms with Crippen LogP contribution in [-0.4, -0.2) is 61.6 Å². The number of oxazole rings is 1. The number of piperazine rings is 1. The molecule has 0 N–H and O–H groups in total. The van der Waals surface area contributed by atoms with Crippen LogP contribution >= 0.6 is 11.8 Å². The third-order valence-electron chi connectivity index (χ3n) is 5.67. The standard InChI is InChI=1S/C23H35N3O2S/c1-6-27-16-11-18(4)22-24-21(23(28-22)29-5)19-7-9-20(10-8-19)26-14-12-25(13-15-26)17(2)3/h7-10,17-18H,6,11-16H2,1-5H3. The molecule has 1 unspecified atom stereocenters. The number of thioether (sulfide) groups is 1. The van der Waals surface area contributed by atoms with Crippen molar-refractivity contribution in [2.45, 2.75) is 51.2 Å². The maximum Gasteiger partial charge on any atom is 0.199 e. The first-order valence-electron chi connectivity index (χ1n) is 10.7. The Kier molecular flexibility index (Phi) is 8.04. The summed E-state index contributed by atoms with van der Waals surface area (Å²) >= 11 is 1.62. The Bertz CT molecular complexity index is 752. The molecule has 3 rings (SSSR count). The van der Waals surface area contributed by atoms with E-state index < -0.39 is 0 Å². The van der Waals surface area contributed by atoms with Gasteiger partial charge in [0.2, 0.25) is 0 Å². The SMILES string of the molecule is CCOCCC(C)c1nc(-c2ccc(N3CCN(C(C)C)CC3)cc2)c(SC)o1. The molecule has 1 saturated heterocycles. The number of aromatic nitrogens is 1. The highest BCUT2D eigenvalue weighted by Gasteiger charge is 2.21. The molecule has 2 heterocycles. The zero-order valence-corrected chi connectivity index (χ0v) is 19.3. The van der Waals surface area contributed by atoms with E-state index in [2.05, 4.69) is 54.8 Å². The Hall–Kier alpha value is -1.50. The molecule has 1 atom stereocenters. The summed E-state index contributed by atoms with van der Waals surface area (Å²) in [5, 5.41) is 0.890. The van der Waals surface area contributed by atoms with Crippen LogP contribution in [0.5, 0.6) is 0 Å². The average Bonchev–Trinajstić information content (AvgIpc) is 3.19. The van der Waals surface area contributed by atoms with Crippen LogP contribution in [0.15, 0.2) is 33.8 Å². The highest BCUT2D eigenvalue weighted by atomic mass is 32.2. The van der Waals surface area contributed by atoms with E-state index in [4.69, 9.17) is 14.1 Å². The minimum absolute atomic E-state index is 0.248. The molecule has 1 aromatic carbocycles. The molecule has 1 aliphatic heterocycles. The number of rotatable bonds is 9. The second-order valence-corrected chi connectivity index (χ2v) is 8.72. The quantitative estimate of drug-likeness (QED) is 0.416. The smallest absolute Gasteiger partial charge is 0.199 e. The summed E-state index contributed by atoms with van der Waals surface area (Å²) in [4.78, 5) is 9.85. The van der Waals surface area contributed by atoms with Crippen LogP contribution < -0.4 is 4.90 Å². The van der Waals surface area contributed by atoms with Crippen molar-refractivity contribution in [2.24, 2.45) is 0 Å². The fourth-order valence-corrected chi connectivity index (χ4v) is 4.23. The van der Waals surface area contributed by atoms with E-state index in [0.29, 0.717) is 6.04 Å². The van der Waals surface area contributed by atoms with E-state index in [1.165, 1.54) is 5.69 Å². The van der Waals surface area contributed by atoms with Crippen molar-refractivity contribution in [1.82, 2.24) is 9.88 Å². The summed E-state index contributed by atoms with van der Waals surface area (Å²) in [6, 6.07) is 9.42. The Morgan fingerprint density at radius 2 is 1.79 bits per heavy atom.